The van der Waals surface area contributed by atoms with Crippen molar-refractivity contribution in [1.82, 2.24) is 19.7 Å². The Morgan fingerprint density at radius 1 is 0.878 bits per heavy atom. The third-order valence-electron chi connectivity index (χ3n) is 7.37. The number of aromatic carboxylic acids is 1. The molecule has 212 valence electrons. The van der Waals surface area contributed by atoms with Crippen molar-refractivity contribution in [3.8, 4) is 22.9 Å². The number of nitrogens with zero attached hydrogens (tertiary/aromatic N) is 4. The van der Waals surface area contributed by atoms with Gasteiger partial charge in [0, 0.05) is 25.3 Å². The summed E-state index contributed by atoms with van der Waals surface area (Å²) in [6.45, 7) is 3.76. The number of hydrogen-bond acceptors (Lipinski definition) is 8. The molecule has 0 saturated heterocycles. The van der Waals surface area contributed by atoms with E-state index in [2.05, 4.69) is 10.2 Å². The van der Waals surface area contributed by atoms with E-state index in [1.54, 1.807) is 32.0 Å². The van der Waals surface area contributed by atoms with Gasteiger partial charge in [0.25, 0.3) is 11.8 Å². The van der Waals surface area contributed by atoms with Gasteiger partial charge < -0.3 is 19.1 Å². The summed E-state index contributed by atoms with van der Waals surface area (Å²) in [5.41, 5.74) is 3.35. The first kappa shape index (κ1) is 27.9. The average molecular weight is 557 g/mol. The molecular formula is C31H32N4O6. The number of carboxylic acids is 1. The topological polar surface area (TPSA) is 133 Å². The highest BCUT2D eigenvalue weighted by molar-refractivity contribution is 5.96. The lowest BCUT2D eigenvalue weighted by atomic mass is 9.88. The standard InChI is InChI=1S/C31H32N4O6/c1-3-24(36)40-29-26-27(30(34-33-29)41-25(37)4-2)35(28(32-26)21-10-6-5-7-11-21)18-19-14-16-20(17-15-19)22-12-8-9-13-23(22)31(38)39/h8-9,12-17,21H,3-7,10-11,18H2,1-2H3,(H,38,39). The van der Waals surface area contributed by atoms with Crippen LogP contribution in [0.4, 0.5) is 0 Å². The lowest BCUT2D eigenvalue weighted by molar-refractivity contribution is -0.135. The zero-order chi connectivity index (χ0) is 28.9. The van der Waals surface area contributed by atoms with Crippen molar-refractivity contribution in [1.29, 1.82) is 0 Å². The number of carboxylic acid groups (broad SMARTS) is 1. The van der Waals surface area contributed by atoms with Crippen LogP contribution in [0.1, 0.15) is 86.5 Å². The Morgan fingerprint density at radius 3 is 2.17 bits per heavy atom. The van der Waals surface area contributed by atoms with Crippen molar-refractivity contribution in [3.63, 3.8) is 0 Å². The molecule has 2 heterocycles. The fourth-order valence-electron chi connectivity index (χ4n) is 5.25. The number of rotatable bonds is 9. The van der Waals surface area contributed by atoms with Crippen LogP contribution in [0.2, 0.25) is 0 Å². The maximum absolute atomic E-state index is 12.3. The Kier molecular flexibility index (Phi) is 8.37. The monoisotopic (exact) mass is 556 g/mol. The van der Waals surface area contributed by atoms with Gasteiger partial charge >= 0.3 is 17.9 Å². The predicted octanol–water partition coefficient (Wildman–Crippen LogP) is 5.92. The summed E-state index contributed by atoms with van der Waals surface area (Å²) in [4.78, 5) is 41.2. The average Bonchev–Trinajstić information content (AvgIpc) is 3.38. The van der Waals surface area contributed by atoms with Crippen LogP contribution in [-0.2, 0) is 16.1 Å². The maximum atomic E-state index is 12.3. The van der Waals surface area contributed by atoms with Gasteiger partial charge in [-0.25, -0.2) is 9.78 Å². The molecule has 0 bridgehead atoms. The second kappa shape index (κ2) is 12.3. The third kappa shape index (κ3) is 5.96. The van der Waals surface area contributed by atoms with E-state index in [0.717, 1.165) is 49.1 Å². The fourth-order valence-corrected chi connectivity index (χ4v) is 5.25. The van der Waals surface area contributed by atoms with Gasteiger partial charge in [-0.2, -0.15) is 0 Å². The van der Waals surface area contributed by atoms with E-state index in [0.29, 0.717) is 23.1 Å². The van der Waals surface area contributed by atoms with Crippen molar-refractivity contribution in [2.45, 2.75) is 71.3 Å². The summed E-state index contributed by atoms with van der Waals surface area (Å²) in [6, 6.07) is 14.6. The molecule has 2 aromatic heterocycles. The van der Waals surface area contributed by atoms with Gasteiger partial charge in [-0.1, -0.05) is 75.6 Å². The van der Waals surface area contributed by atoms with E-state index in [9.17, 15) is 19.5 Å². The number of benzene rings is 2. The molecule has 0 radical (unpaired) electrons. The smallest absolute Gasteiger partial charge is 0.336 e. The molecule has 0 atom stereocenters. The summed E-state index contributed by atoms with van der Waals surface area (Å²) < 4.78 is 13.1. The maximum Gasteiger partial charge on any atom is 0.336 e. The normalized spacial score (nSPS) is 13.7. The molecule has 4 aromatic rings. The van der Waals surface area contributed by atoms with E-state index >= 15 is 0 Å². The molecule has 1 aliphatic carbocycles. The molecular weight excluding hydrogens is 524 g/mol. The zero-order valence-electron chi connectivity index (χ0n) is 23.1. The molecule has 1 fully saturated rings. The molecule has 0 unspecified atom stereocenters. The third-order valence-corrected chi connectivity index (χ3v) is 7.37. The number of hydrogen-bond donors (Lipinski definition) is 1. The lowest BCUT2D eigenvalue weighted by Gasteiger charge is -2.22. The molecule has 2 aromatic carbocycles. The zero-order valence-corrected chi connectivity index (χ0v) is 23.1. The first-order valence-corrected chi connectivity index (χ1v) is 14.0. The number of esters is 2. The Labute approximate surface area is 237 Å². The second-order valence-corrected chi connectivity index (χ2v) is 10.1. The number of imidazole rings is 1. The van der Waals surface area contributed by atoms with Gasteiger partial charge in [-0.05, 0) is 35.6 Å². The molecule has 5 rings (SSSR count). The molecule has 41 heavy (non-hydrogen) atoms. The highest BCUT2D eigenvalue weighted by Crippen LogP contribution is 2.38. The van der Waals surface area contributed by atoms with E-state index in [-0.39, 0.29) is 36.1 Å². The van der Waals surface area contributed by atoms with Gasteiger partial charge in [-0.15, -0.1) is 10.2 Å². The minimum Gasteiger partial charge on any atom is -0.478 e. The number of carbonyl (C=O) groups excluding carboxylic acids is 2. The molecule has 0 spiro atoms. The molecule has 1 saturated carbocycles. The SMILES string of the molecule is CCC(=O)Oc1nnc(OC(=O)CC)c2c1nc(C1CCCCC1)n2Cc1ccc(-c2ccccc2C(=O)O)cc1. The highest BCUT2D eigenvalue weighted by Gasteiger charge is 2.28. The Hall–Kier alpha value is -4.60. The fraction of sp³-hybridized carbons (Fsp3) is 0.355. The van der Waals surface area contributed by atoms with Crippen molar-refractivity contribution in [2.24, 2.45) is 0 Å². The Morgan fingerprint density at radius 2 is 1.51 bits per heavy atom. The van der Waals surface area contributed by atoms with Crippen LogP contribution in [0.5, 0.6) is 11.8 Å². The molecule has 10 heteroatoms. The van der Waals surface area contributed by atoms with E-state index in [1.165, 1.54) is 0 Å². The van der Waals surface area contributed by atoms with Crippen LogP contribution in [0.25, 0.3) is 22.2 Å². The van der Waals surface area contributed by atoms with Gasteiger partial charge in [0.1, 0.15) is 11.3 Å². The van der Waals surface area contributed by atoms with E-state index in [1.807, 2.05) is 34.9 Å². The summed E-state index contributed by atoms with van der Waals surface area (Å²) in [5.74, 6) is -0.942. The van der Waals surface area contributed by atoms with Crippen molar-refractivity contribution < 1.29 is 29.0 Å². The summed E-state index contributed by atoms with van der Waals surface area (Å²) in [7, 11) is 0. The molecule has 0 aliphatic heterocycles. The minimum absolute atomic E-state index is 0.0143. The molecule has 1 aliphatic rings. The Balaban J connectivity index is 1.62. The summed E-state index contributed by atoms with van der Waals surface area (Å²) >= 11 is 0. The summed E-state index contributed by atoms with van der Waals surface area (Å²) in [5, 5.41) is 17.8. The van der Waals surface area contributed by atoms with Crippen LogP contribution < -0.4 is 9.47 Å². The van der Waals surface area contributed by atoms with Crippen molar-refractivity contribution in [3.05, 3.63) is 65.5 Å². The quantitative estimate of drug-likeness (QED) is 0.249. The van der Waals surface area contributed by atoms with E-state index in [4.69, 9.17) is 14.5 Å². The van der Waals surface area contributed by atoms with Gasteiger partial charge in [0.05, 0.1) is 5.56 Å². The van der Waals surface area contributed by atoms with Gasteiger partial charge in [0.15, 0.2) is 5.52 Å². The van der Waals surface area contributed by atoms with Crippen LogP contribution in [0, 0.1) is 0 Å². The van der Waals surface area contributed by atoms with Crippen LogP contribution in [0.15, 0.2) is 48.5 Å². The van der Waals surface area contributed by atoms with Gasteiger partial charge in [0.2, 0.25) is 0 Å². The van der Waals surface area contributed by atoms with Crippen molar-refractivity contribution >= 4 is 28.9 Å². The largest absolute Gasteiger partial charge is 0.478 e. The van der Waals surface area contributed by atoms with Crippen LogP contribution in [-0.4, -0.2) is 42.8 Å². The lowest BCUT2D eigenvalue weighted by Crippen LogP contribution is -2.14. The van der Waals surface area contributed by atoms with E-state index < -0.39 is 17.9 Å². The first-order valence-electron chi connectivity index (χ1n) is 14.0. The first-order chi connectivity index (χ1) is 19.9. The molecule has 0 amide bonds. The van der Waals surface area contributed by atoms with Crippen molar-refractivity contribution in [2.75, 3.05) is 0 Å². The predicted molar refractivity (Wildman–Crippen MR) is 151 cm³/mol. The minimum atomic E-state index is -0.985. The highest BCUT2D eigenvalue weighted by atomic mass is 16.6. The van der Waals surface area contributed by atoms with Crippen LogP contribution in [0.3, 0.4) is 0 Å². The number of aromatic nitrogens is 4. The number of carbonyl (C=O) groups is 3. The number of ether oxygens (including phenoxy) is 2. The second-order valence-electron chi connectivity index (χ2n) is 10.1. The number of fused-ring (bicyclic) bond motifs is 1. The molecule has 1 N–H and O–H groups in total. The van der Waals surface area contributed by atoms with Crippen LogP contribution >= 0.6 is 0 Å². The van der Waals surface area contributed by atoms with Gasteiger partial charge in [-0.3, -0.25) is 9.59 Å². The summed E-state index contributed by atoms with van der Waals surface area (Å²) in [6.07, 6.45) is 5.56. The molecule has 10 nitrogen and oxygen atoms in total. The Bertz CT molecular complexity index is 1590.